The standard InChI is InChI=1S/C77H49N5/c1-79-77-50-59(75-29-15-17-42-81-75)36-39-72(77)70-27-13-10-24-66(70)62-46-60(64-22-8-11-25-68(64)67-37-34-57(44-63(67)51-78)74-28-14-16-41-80-74)45-61(47-62)65-23-9-12-26-69(65)71-38-35-58(76-49-56(40-43-82-76)53-20-6-3-7-21-53)48-73(71)55-32-30-54(31-33-55)52-18-4-2-5-19-52/h2-50H. The molecule has 13 rings (SSSR count). The van der Waals surface area contributed by atoms with Gasteiger partial charge >= 0.3 is 0 Å². The number of benzene rings is 10. The smallest absolute Gasteiger partial charge is 0.195 e. The minimum Gasteiger partial charge on any atom is -0.256 e. The molecule has 0 amide bonds. The summed E-state index contributed by atoms with van der Waals surface area (Å²) in [5, 5.41) is 10.8. The van der Waals surface area contributed by atoms with E-state index < -0.39 is 0 Å². The second kappa shape index (κ2) is 22.5. The van der Waals surface area contributed by atoms with Crippen LogP contribution in [0.3, 0.4) is 0 Å². The maximum Gasteiger partial charge on any atom is 0.195 e. The van der Waals surface area contributed by atoms with Crippen molar-refractivity contribution in [2.45, 2.75) is 0 Å². The molecule has 382 valence electrons. The van der Waals surface area contributed by atoms with Gasteiger partial charge in [-0.05, 0) is 173 Å². The Morgan fingerprint density at radius 1 is 0.256 bits per heavy atom. The van der Waals surface area contributed by atoms with E-state index in [-0.39, 0.29) is 0 Å². The van der Waals surface area contributed by atoms with Gasteiger partial charge in [-0.3, -0.25) is 15.0 Å². The van der Waals surface area contributed by atoms with Crippen molar-refractivity contribution in [3.05, 3.63) is 315 Å². The van der Waals surface area contributed by atoms with Gasteiger partial charge in [0.2, 0.25) is 0 Å². The van der Waals surface area contributed by atoms with Gasteiger partial charge in [0.1, 0.15) is 0 Å². The summed E-state index contributed by atoms with van der Waals surface area (Å²) in [6, 6.07) is 99.2. The van der Waals surface area contributed by atoms with E-state index >= 15 is 0 Å². The molecular formula is C77H49N5. The predicted octanol–water partition coefficient (Wildman–Crippen LogP) is 20.3. The highest BCUT2D eigenvalue weighted by Crippen LogP contribution is 2.46. The Morgan fingerprint density at radius 3 is 1.20 bits per heavy atom. The zero-order valence-electron chi connectivity index (χ0n) is 44.5. The molecule has 0 aliphatic rings. The van der Waals surface area contributed by atoms with Crippen LogP contribution in [-0.4, -0.2) is 15.0 Å². The second-order valence-electron chi connectivity index (χ2n) is 20.1. The zero-order valence-corrected chi connectivity index (χ0v) is 44.5. The van der Waals surface area contributed by atoms with E-state index in [0.29, 0.717) is 11.3 Å². The zero-order chi connectivity index (χ0) is 55.2. The van der Waals surface area contributed by atoms with Crippen molar-refractivity contribution in [1.29, 1.82) is 5.26 Å². The Morgan fingerprint density at radius 2 is 0.659 bits per heavy atom. The molecule has 13 aromatic rings. The second-order valence-corrected chi connectivity index (χ2v) is 20.1. The van der Waals surface area contributed by atoms with Gasteiger partial charge < -0.3 is 0 Å². The van der Waals surface area contributed by atoms with Gasteiger partial charge in [-0.25, -0.2) is 4.85 Å². The third kappa shape index (κ3) is 10.1. The van der Waals surface area contributed by atoms with Gasteiger partial charge in [-0.1, -0.05) is 206 Å². The van der Waals surface area contributed by atoms with Gasteiger partial charge in [0.15, 0.2) is 5.69 Å². The molecule has 0 aliphatic heterocycles. The first-order valence-electron chi connectivity index (χ1n) is 27.2. The number of pyridine rings is 3. The average molecular weight is 1040 g/mol. The summed E-state index contributed by atoms with van der Waals surface area (Å²) in [4.78, 5) is 18.3. The first-order valence-corrected chi connectivity index (χ1v) is 27.2. The first-order chi connectivity index (χ1) is 40.6. The van der Waals surface area contributed by atoms with E-state index in [4.69, 9.17) is 11.6 Å². The number of hydrogen-bond donors (Lipinski definition) is 0. The molecule has 0 aliphatic carbocycles. The number of nitriles is 1. The lowest BCUT2D eigenvalue weighted by Crippen LogP contribution is -1.94. The van der Waals surface area contributed by atoms with Crippen molar-refractivity contribution in [3.8, 4) is 140 Å². The summed E-state index contributed by atoms with van der Waals surface area (Å²) in [5.41, 5.74) is 24.6. The third-order valence-electron chi connectivity index (χ3n) is 15.2. The fourth-order valence-electron chi connectivity index (χ4n) is 11.2. The molecule has 82 heavy (non-hydrogen) atoms. The maximum absolute atomic E-state index is 10.8. The predicted molar refractivity (Wildman–Crippen MR) is 336 cm³/mol. The van der Waals surface area contributed by atoms with Crippen LogP contribution in [0.1, 0.15) is 5.56 Å². The monoisotopic (exact) mass is 1040 g/mol. The molecule has 0 N–H and O–H groups in total. The van der Waals surface area contributed by atoms with Crippen LogP contribution < -0.4 is 0 Å². The van der Waals surface area contributed by atoms with Crippen molar-refractivity contribution >= 4 is 5.69 Å². The van der Waals surface area contributed by atoms with E-state index in [9.17, 15) is 5.26 Å². The highest BCUT2D eigenvalue weighted by atomic mass is 14.7. The van der Waals surface area contributed by atoms with Crippen LogP contribution in [0.4, 0.5) is 5.69 Å². The van der Waals surface area contributed by atoms with Crippen LogP contribution >= 0.6 is 0 Å². The molecule has 0 unspecified atom stereocenters. The van der Waals surface area contributed by atoms with Crippen LogP contribution in [0.25, 0.3) is 139 Å². The number of aromatic nitrogens is 3. The lowest BCUT2D eigenvalue weighted by atomic mass is 9.84. The third-order valence-corrected chi connectivity index (χ3v) is 15.2. The Labute approximate surface area is 478 Å². The number of hydrogen-bond acceptors (Lipinski definition) is 4. The van der Waals surface area contributed by atoms with Gasteiger partial charge in [-0.2, -0.15) is 5.26 Å². The van der Waals surface area contributed by atoms with Gasteiger partial charge in [0.25, 0.3) is 0 Å². The maximum atomic E-state index is 10.8. The van der Waals surface area contributed by atoms with E-state index in [1.807, 2.05) is 91.1 Å². The molecule has 0 bridgehead atoms. The first kappa shape index (κ1) is 50.2. The molecule has 0 radical (unpaired) electrons. The van der Waals surface area contributed by atoms with E-state index in [1.165, 1.54) is 0 Å². The summed E-state index contributed by atoms with van der Waals surface area (Å²) in [6.45, 7) is 8.48. The Hall–Kier alpha value is -11.4. The summed E-state index contributed by atoms with van der Waals surface area (Å²) >= 11 is 0. The molecule has 0 saturated carbocycles. The molecule has 5 nitrogen and oxygen atoms in total. The SMILES string of the molecule is [C-]#[N+]c1cc(-c2ccccn2)ccc1-c1ccccc1-c1cc(-c2ccccc2-c2ccc(-c3ccccn3)cc2C#N)cc(-c2ccccc2-c2ccc(-c3cc(-c4ccccc4)ccn3)cc2-c2ccc(-c3ccccc3)cc2)c1. The van der Waals surface area contributed by atoms with Gasteiger partial charge in [0, 0.05) is 35.3 Å². The molecule has 3 aromatic heterocycles. The number of rotatable bonds is 12. The van der Waals surface area contributed by atoms with E-state index in [0.717, 1.165) is 134 Å². The average Bonchev–Trinajstić information content (AvgIpc) is 3.54. The van der Waals surface area contributed by atoms with E-state index in [1.54, 1.807) is 12.4 Å². The summed E-state index contributed by atoms with van der Waals surface area (Å²) in [6.07, 6.45) is 5.44. The van der Waals surface area contributed by atoms with E-state index in [2.05, 4.69) is 215 Å². The highest BCUT2D eigenvalue weighted by molar-refractivity contribution is 5.99. The number of nitrogens with zero attached hydrogens (tertiary/aromatic N) is 5. The van der Waals surface area contributed by atoms with Crippen LogP contribution in [0.15, 0.2) is 298 Å². The van der Waals surface area contributed by atoms with Crippen molar-refractivity contribution in [2.24, 2.45) is 0 Å². The lowest BCUT2D eigenvalue weighted by molar-refractivity contribution is 1.32. The quantitative estimate of drug-likeness (QED) is 0.114. The Bertz CT molecular complexity index is 4400. The van der Waals surface area contributed by atoms with Crippen LogP contribution in [0.5, 0.6) is 0 Å². The van der Waals surface area contributed by atoms with Gasteiger partial charge in [0.05, 0.1) is 35.3 Å². The molecule has 3 heterocycles. The summed E-state index contributed by atoms with van der Waals surface area (Å²) in [7, 11) is 0. The summed E-state index contributed by atoms with van der Waals surface area (Å²) in [5.74, 6) is 0. The van der Waals surface area contributed by atoms with Gasteiger partial charge in [-0.15, -0.1) is 0 Å². The normalized spacial score (nSPS) is 10.9. The topological polar surface area (TPSA) is 66.8 Å². The lowest BCUT2D eigenvalue weighted by Gasteiger charge is -2.20. The minimum absolute atomic E-state index is 0.538. The van der Waals surface area contributed by atoms with Crippen molar-refractivity contribution in [3.63, 3.8) is 0 Å². The molecule has 0 spiro atoms. The summed E-state index contributed by atoms with van der Waals surface area (Å²) < 4.78 is 0. The fraction of sp³-hybridized carbons (Fsp3) is 0. The Kier molecular flexibility index (Phi) is 13.8. The molecule has 5 heteroatoms. The van der Waals surface area contributed by atoms with Crippen LogP contribution in [0, 0.1) is 17.9 Å². The highest BCUT2D eigenvalue weighted by Gasteiger charge is 2.21. The molecule has 0 atom stereocenters. The van der Waals surface area contributed by atoms with Crippen LogP contribution in [-0.2, 0) is 0 Å². The molecule has 10 aromatic carbocycles. The molecule has 0 saturated heterocycles. The minimum atomic E-state index is 0.538. The largest absolute Gasteiger partial charge is 0.256 e. The Balaban J connectivity index is 1.01. The van der Waals surface area contributed by atoms with Crippen molar-refractivity contribution < 1.29 is 0 Å². The fourth-order valence-corrected chi connectivity index (χ4v) is 11.2. The van der Waals surface area contributed by atoms with Crippen molar-refractivity contribution in [2.75, 3.05) is 0 Å². The molecule has 0 fully saturated rings. The van der Waals surface area contributed by atoms with Crippen molar-refractivity contribution in [1.82, 2.24) is 15.0 Å². The molecular weight excluding hydrogens is 995 g/mol. The van der Waals surface area contributed by atoms with Crippen LogP contribution in [0.2, 0.25) is 0 Å².